The molecule has 0 aromatic heterocycles. The van der Waals surface area contributed by atoms with Crippen molar-refractivity contribution in [3.05, 3.63) is 47.5 Å². The fraction of sp³-hybridized carbons (Fsp3) is 0.263. The Kier molecular flexibility index (Phi) is 6.06. The van der Waals surface area contributed by atoms with Gasteiger partial charge in [0, 0.05) is 12.1 Å². The number of rotatable bonds is 7. The number of carboxylic acids is 1. The summed E-state index contributed by atoms with van der Waals surface area (Å²) in [6, 6.07) is 9.99. The monoisotopic (exact) mass is 359 g/mol. The van der Waals surface area contributed by atoms with Gasteiger partial charge in [0.2, 0.25) is 0 Å². The van der Waals surface area contributed by atoms with Crippen molar-refractivity contribution in [2.75, 3.05) is 19.5 Å². The second-order valence-electron chi connectivity index (χ2n) is 5.62. The number of nitrogens with one attached hydrogen (secondary N) is 1. The number of hydrogen-bond acceptors (Lipinski definition) is 5. The van der Waals surface area contributed by atoms with Gasteiger partial charge in [-0.25, -0.2) is 4.79 Å². The Bertz CT molecular complexity index is 818. The van der Waals surface area contributed by atoms with Gasteiger partial charge in [0.25, 0.3) is 5.91 Å². The van der Waals surface area contributed by atoms with E-state index in [9.17, 15) is 14.7 Å². The molecule has 2 aromatic rings. The Balaban J connectivity index is 2.22. The lowest BCUT2D eigenvalue weighted by molar-refractivity contribution is -0.122. The van der Waals surface area contributed by atoms with E-state index in [-0.39, 0.29) is 17.0 Å². The van der Waals surface area contributed by atoms with Crippen molar-refractivity contribution in [1.29, 1.82) is 0 Å². The third-order valence-electron chi connectivity index (χ3n) is 3.68. The predicted octanol–water partition coefficient (Wildman–Crippen LogP) is 3.12. The molecule has 2 rings (SSSR count). The van der Waals surface area contributed by atoms with Gasteiger partial charge < -0.3 is 24.6 Å². The highest BCUT2D eigenvalue weighted by atomic mass is 16.5. The second-order valence-corrected chi connectivity index (χ2v) is 5.62. The zero-order valence-electron chi connectivity index (χ0n) is 15.0. The van der Waals surface area contributed by atoms with Crippen LogP contribution in [0.4, 0.5) is 5.69 Å². The molecule has 0 aliphatic rings. The summed E-state index contributed by atoms with van der Waals surface area (Å²) in [5.41, 5.74) is 0.988. The van der Waals surface area contributed by atoms with Crippen LogP contribution in [0.3, 0.4) is 0 Å². The maximum absolute atomic E-state index is 12.4. The lowest BCUT2D eigenvalue weighted by Gasteiger charge is -2.17. The average Bonchev–Trinajstić information content (AvgIpc) is 2.60. The van der Waals surface area contributed by atoms with Crippen molar-refractivity contribution in [3.8, 4) is 17.2 Å². The molecule has 0 bridgehead atoms. The number of aryl methyl sites for hydroxylation is 1. The van der Waals surface area contributed by atoms with Crippen LogP contribution in [-0.4, -0.2) is 37.3 Å². The van der Waals surface area contributed by atoms with Crippen molar-refractivity contribution in [3.63, 3.8) is 0 Å². The summed E-state index contributed by atoms with van der Waals surface area (Å²) >= 11 is 0. The molecule has 7 nitrogen and oxygen atoms in total. The maximum atomic E-state index is 12.4. The van der Waals surface area contributed by atoms with Crippen molar-refractivity contribution in [2.45, 2.75) is 20.0 Å². The first-order valence-electron chi connectivity index (χ1n) is 7.89. The first-order valence-corrected chi connectivity index (χ1v) is 7.89. The van der Waals surface area contributed by atoms with Gasteiger partial charge in [-0.2, -0.15) is 0 Å². The minimum absolute atomic E-state index is 0.0971. The lowest BCUT2D eigenvalue weighted by Crippen LogP contribution is -2.30. The van der Waals surface area contributed by atoms with E-state index in [1.165, 1.54) is 26.4 Å². The molecule has 0 radical (unpaired) electrons. The fourth-order valence-corrected chi connectivity index (χ4v) is 2.34. The van der Waals surface area contributed by atoms with Gasteiger partial charge >= 0.3 is 5.97 Å². The van der Waals surface area contributed by atoms with Crippen LogP contribution in [0.15, 0.2) is 36.4 Å². The lowest BCUT2D eigenvalue weighted by atomic mass is 10.1. The Morgan fingerprint density at radius 1 is 1.08 bits per heavy atom. The molecule has 0 heterocycles. The van der Waals surface area contributed by atoms with Gasteiger partial charge in [0.05, 0.1) is 25.5 Å². The summed E-state index contributed by atoms with van der Waals surface area (Å²) in [5.74, 6) is -0.569. The van der Waals surface area contributed by atoms with E-state index >= 15 is 0 Å². The number of methoxy groups -OCH3 is 2. The van der Waals surface area contributed by atoms with E-state index < -0.39 is 18.0 Å². The fourth-order valence-electron chi connectivity index (χ4n) is 2.34. The van der Waals surface area contributed by atoms with Gasteiger partial charge in [-0.1, -0.05) is 12.1 Å². The van der Waals surface area contributed by atoms with Crippen LogP contribution < -0.4 is 19.5 Å². The highest BCUT2D eigenvalue weighted by Crippen LogP contribution is 2.33. The minimum atomic E-state index is -1.20. The predicted molar refractivity (Wildman–Crippen MR) is 96.4 cm³/mol. The van der Waals surface area contributed by atoms with Crippen LogP contribution in [0.5, 0.6) is 17.2 Å². The van der Waals surface area contributed by atoms with Gasteiger partial charge in [0.15, 0.2) is 17.6 Å². The quantitative estimate of drug-likeness (QED) is 0.789. The molecule has 7 heteroatoms. The molecule has 0 aliphatic carbocycles. The van der Waals surface area contributed by atoms with Gasteiger partial charge in [0.1, 0.15) is 5.75 Å². The van der Waals surface area contributed by atoms with Gasteiger partial charge in [-0.05, 0) is 31.5 Å². The molecular weight excluding hydrogens is 338 g/mol. The number of carbonyl (C=O) groups excluding carboxylic acids is 1. The molecule has 0 aliphatic heterocycles. The number of amides is 1. The second kappa shape index (κ2) is 8.24. The van der Waals surface area contributed by atoms with E-state index in [1.54, 1.807) is 13.0 Å². The molecule has 0 spiro atoms. The Hall–Kier alpha value is -3.22. The van der Waals surface area contributed by atoms with E-state index in [2.05, 4.69) is 5.32 Å². The molecule has 2 aromatic carbocycles. The van der Waals surface area contributed by atoms with Crippen LogP contribution in [0.25, 0.3) is 0 Å². The van der Waals surface area contributed by atoms with Crippen molar-refractivity contribution in [2.24, 2.45) is 0 Å². The van der Waals surface area contributed by atoms with Crippen molar-refractivity contribution >= 4 is 17.6 Å². The van der Waals surface area contributed by atoms with Crippen molar-refractivity contribution in [1.82, 2.24) is 0 Å². The van der Waals surface area contributed by atoms with E-state index in [0.717, 1.165) is 5.56 Å². The number of ether oxygens (including phenoxy) is 3. The highest BCUT2D eigenvalue weighted by Gasteiger charge is 2.21. The van der Waals surface area contributed by atoms with Gasteiger partial charge in [-0.3, -0.25) is 4.79 Å². The Labute approximate surface area is 151 Å². The van der Waals surface area contributed by atoms with E-state index in [4.69, 9.17) is 14.2 Å². The molecule has 0 saturated carbocycles. The summed E-state index contributed by atoms with van der Waals surface area (Å²) in [5, 5.41) is 12.0. The topological polar surface area (TPSA) is 94.1 Å². The molecule has 2 N–H and O–H groups in total. The molecule has 138 valence electrons. The van der Waals surface area contributed by atoms with Crippen LogP contribution >= 0.6 is 0 Å². The number of benzene rings is 2. The Morgan fingerprint density at radius 3 is 2.31 bits per heavy atom. The standard InChI is InChI=1S/C19H21NO6/c1-11-6-5-7-13(8-11)26-12(2)18(21)20-15-10-17(25-4)16(24-3)9-14(15)19(22)23/h5-10,12H,1-4H3,(H,20,21)(H,22,23)/t12-/m1/s1. The molecule has 0 saturated heterocycles. The molecular formula is C19H21NO6. The normalized spacial score (nSPS) is 11.4. The third-order valence-corrected chi connectivity index (χ3v) is 3.68. The number of hydrogen-bond donors (Lipinski definition) is 2. The third kappa shape index (κ3) is 4.44. The molecule has 1 amide bonds. The highest BCUT2D eigenvalue weighted by molar-refractivity contribution is 6.02. The average molecular weight is 359 g/mol. The summed E-state index contributed by atoms with van der Waals surface area (Å²) in [4.78, 5) is 23.9. The largest absolute Gasteiger partial charge is 0.493 e. The Morgan fingerprint density at radius 2 is 1.73 bits per heavy atom. The summed E-state index contributed by atoms with van der Waals surface area (Å²) in [7, 11) is 2.83. The van der Waals surface area contributed by atoms with E-state index in [1.807, 2.05) is 25.1 Å². The number of carboxylic acid groups (broad SMARTS) is 1. The smallest absolute Gasteiger partial charge is 0.337 e. The molecule has 26 heavy (non-hydrogen) atoms. The SMILES string of the molecule is COc1cc(NC(=O)[C@@H](C)Oc2cccc(C)c2)c(C(=O)O)cc1OC. The minimum Gasteiger partial charge on any atom is -0.493 e. The van der Waals surface area contributed by atoms with Crippen molar-refractivity contribution < 1.29 is 28.9 Å². The van der Waals surface area contributed by atoms with Crippen LogP contribution in [0.1, 0.15) is 22.8 Å². The first kappa shape index (κ1) is 19.1. The van der Waals surface area contributed by atoms with Crippen LogP contribution in [0, 0.1) is 6.92 Å². The molecule has 0 unspecified atom stereocenters. The molecule has 0 fully saturated rings. The zero-order valence-corrected chi connectivity index (χ0v) is 15.0. The molecule has 1 atom stereocenters. The summed E-state index contributed by atoms with van der Waals surface area (Å²) in [6.45, 7) is 3.50. The number of anilines is 1. The number of carbonyl (C=O) groups is 2. The first-order chi connectivity index (χ1) is 12.3. The summed E-state index contributed by atoms with van der Waals surface area (Å²) < 4.78 is 15.9. The van der Waals surface area contributed by atoms with Crippen LogP contribution in [-0.2, 0) is 4.79 Å². The zero-order chi connectivity index (χ0) is 19.3. The summed E-state index contributed by atoms with van der Waals surface area (Å²) in [6.07, 6.45) is -0.827. The maximum Gasteiger partial charge on any atom is 0.337 e. The van der Waals surface area contributed by atoms with Crippen LogP contribution in [0.2, 0.25) is 0 Å². The van der Waals surface area contributed by atoms with Gasteiger partial charge in [-0.15, -0.1) is 0 Å². The number of aromatic carboxylic acids is 1. The van der Waals surface area contributed by atoms with E-state index in [0.29, 0.717) is 11.5 Å².